The Hall–Kier alpha value is -9.76. The lowest BCUT2D eigenvalue weighted by Gasteiger charge is -2.31. The lowest BCUT2D eigenvalue weighted by molar-refractivity contribution is 0.794. The summed E-state index contributed by atoms with van der Waals surface area (Å²) in [6, 6.07) is 111. The van der Waals surface area contributed by atoms with E-state index in [-0.39, 0.29) is 0 Å². The van der Waals surface area contributed by atoms with Crippen molar-refractivity contribution in [3.05, 3.63) is 326 Å². The second kappa shape index (κ2) is 18.4. The van der Waals surface area contributed by atoms with Crippen LogP contribution in [-0.2, 0) is 5.41 Å². The molecule has 0 aromatic heterocycles. The third kappa shape index (κ3) is 7.33. The van der Waals surface area contributed by atoms with E-state index in [1.165, 1.54) is 89.0 Å². The molecule has 14 rings (SSSR count). The smallest absolute Gasteiger partial charge is 0.0726 e. The molecular weight excluding hydrogens is 905 g/mol. The highest BCUT2D eigenvalue weighted by atomic mass is 15.1. The molecule has 0 aliphatic heterocycles. The second-order valence-corrected chi connectivity index (χ2v) is 19.6. The van der Waals surface area contributed by atoms with Crippen molar-refractivity contribution < 1.29 is 0 Å². The number of nitrogens with zero attached hydrogens (tertiary/aromatic N) is 2. The van der Waals surface area contributed by atoms with Gasteiger partial charge < -0.3 is 9.80 Å². The monoisotopic (exact) mass is 954 g/mol. The van der Waals surface area contributed by atoms with Crippen LogP contribution in [0.1, 0.15) is 22.3 Å². The van der Waals surface area contributed by atoms with Crippen molar-refractivity contribution >= 4 is 34.1 Å². The molecule has 12 aromatic rings. The van der Waals surface area contributed by atoms with Crippen molar-refractivity contribution in [2.45, 2.75) is 5.41 Å². The van der Waals surface area contributed by atoms with E-state index >= 15 is 0 Å². The summed E-state index contributed by atoms with van der Waals surface area (Å²) in [5.41, 5.74) is 26.0. The molecule has 0 saturated carbocycles. The normalized spacial score (nSPS) is 12.4. The minimum atomic E-state index is -0.597. The number of hydrogen-bond donors (Lipinski definition) is 0. The van der Waals surface area contributed by atoms with Gasteiger partial charge in [-0.25, -0.2) is 0 Å². The maximum atomic E-state index is 2.46. The first-order valence-electron chi connectivity index (χ1n) is 25.9. The van der Waals surface area contributed by atoms with Crippen LogP contribution in [0.4, 0.5) is 34.1 Å². The molecule has 1 spiro atoms. The van der Waals surface area contributed by atoms with Crippen LogP contribution in [0.5, 0.6) is 0 Å². The molecule has 2 nitrogen and oxygen atoms in total. The molecule has 0 fully saturated rings. The summed E-state index contributed by atoms with van der Waals surface area (Å²) in [4.78, 5) is 4.67. The Morgan fingerprint density at radius 1 is 0.187 bits per heavy atom. The molecule has 0 amide bonds. The van der Waals surface area contributed by atoms with E-state index in [9.17, 15) is 0 Å². The summed E-state index contributed by atoms with van der Waals surface area (Å²) in [5.74, 6) is 0. The van der Waals surface area contributed by atoms with E-state index in [1.54, 1.807) is 0 Å². The summed E-state index contributed by atoms with van der Waals surface area (Å²) >= 11 is 0. The Bertz CT molecular complexity index is 3660. The van der Waals surface area contributed by atoms with E-state index in [4.69, 9.17) is 0 Å². The number of rotatable bonds is 10. The fourth-order valence-corrected chi connectivity index (χ4v) is 12.2. The van der Waals surface area contributed by atoms with Gasteiger partial charge in [-0.15, -0.1) is 0 Å². The van der Waals surface area contributed by atoms with E-state index in [2.05, 4.69) is 313 Å². The van der Waals surface area contributed by atoms with Crippen molar-refractivity contribution in [2.75, 3.05) is 9.80 Å². The van der Waals surface area contributed by atoms with E-state index in [0.29, 0.717) is 0 Å². The SMILES string of the molecule is c1ccc(-c2ccc3c(c2)-c2c(-c4ccc(N(c5ccccc5)c5ccccc5)cc4)cccc2C32c3ccc(-c4ccccc4)cc3-c3c(-c4ccc(N(c5ccccc5)c5ccccc5)cc4)cccc32)cc1. The fraction of sp³-hybridized carbons (Fsp3) is 0.0137. The predicted molar refractivity (Wildman–Crippen MR) is 314 cm³/mol. The molecule has 352 valence electrons. The Balaban J connectivity index is 0.979. The molecule has 0 atom stereocenters. The van der Waals surface area contributed by atoms with Crippen LogP contribution in [0.2, 0.25) is 0 Å². The van der Waals surface area contributed by atoms with Crippen molar-refractivity contribution in [1.82, 2.24) is 0 Å². The van der Waals surface area contributed by atoms with Crippen LogP contribution in [0.25, 0.3) is 66.8 Å². The van der Waals surface area contributed by atoms with Gasteiger partial charge in [0, 0.05) is 34.1 Å². The van der Waals surface area contributed by atoms with E-state index in [0.717, 1.165) is 34.1 Å². The number of hydrogen-bond acceptors (Lipinski definition) is 2. The van der Waals surface area contributed by atoms with Gasteiger partial charge >= 0.3 is 0 Å². The molecule has 2 aliphatic rings. The van der Waals surface area contributed by atoms with Gasteiger partial charge in [-0.2, -0.15) is 0 Å². The molecule has 0 saturated heterocycles. The maximum Gasteiger partial charge on any atom is 0.0726 e. The Morgan fingerprint density at radius 2 is 0.480 bits per heavy atom. The van der Waals surface area contributed by atoms with Crippen molar-refractivity contribution in [2.24, 2.45) is 0 Å². The topological polar surface area (TPSA) is 6.48 Å². The average molecular weight is 955 g/mol. The van der Waals surface area contributed by atoms with Gasteiger partial charge in [0.15, 0.2) is 0 Å². The van der Waals surface area contributed by atoms with Crippen LogP contribution in [0.3, 0.4) is 0 Å². The molecule has 0 bridgehead atoms. The van der Waals surface area contributed by atoms with Gasteiger partial charge in [-0.3, -0.25) is 0 Å². The summed E-state index contributed by atoms with van der Waals surface area (Å²) in [6.45, 7) is 0. The van der Waals surface area contributed by atoms with E-state index in [1.807, 2.05) is 0 Å². The van der Waals surface area contributed by atoms with Crippen LogP contribution in [-0.4, -0.2) is 0 Å². The predicted octanol–water partition coefficient (Wildman–Crippen LogP) is 19.6. The molecule has 75 heavy (non-hydrogen) atoms. The molecule has 0 N–H and O–H groups in total. The summed E-state index contributed by atoms with van der Waals surface area (Å²) in [5, 5.41) is 0. The van der Waals surface area contributed by atoms with Crippen molar-refractivity contribution in [3.8, 4) is 66.8 Å². The van der Waals surface area contributed by atoms with Gasteiger partial charge in [-0.05, 0) is 174 Å². The van der Waals surface area contributed by atoms with Crippen molar-refractivity contribution in [1.29, 1.82) is 0 Å². The minimum Gasteiger partial charge on any atom is -0.311 e. The van der Waals surface area contributed by atoms with Crippen LogP contribution in [0, 0.1) is 0 Å². The van der Waals surface area contributed by atoms with Gasteiger partial charge in [0.1, 0.15) is 0 Å². The standard InChI is InChI=1S/C73H50N2/c1-7-21-51(22-8-1)55-41-47-67-65(49-55)71-63(53-37-43-61(44-38-53)74(57-25-11-3-12-26-57)58-27-13-4-14-28-58)33-19-35-69(71)73(67)68-48-42-56(52-23-9-2-10-24-52)50-66(68)72-64(34-20-36-70(72)73)54-39-45-62(46-40-54)75(59-29-15-5-16-30-59)60-31-17-6-18-32-60/h1-50H. The Kier molecular flexibility index (Phi) is 10.8. The van der Waals surface area contributed by atoms with Crippen molar-refractivity contribution in [3.63, 3.8) is 0 Å². The quantitative estimate of drug-likeness (QED) is 0.135. The zero-order valence-corrected chi connectivity index (χ0v) is 41.3. The van der Waals surface area contributed by atoms with Crippen LogP contribution < -0.4 is 9.80 Å². The molecule has 0 heterocycles. The highest BCUT2D eigenvalue weighted by Crippen LogP contribution is 2.66. The van der Waals surface area contributed by atoms with Crippen LogP contribution in [0.15, 0.2) is 303 Å². The minimum absolute atomic E-state index is 0.597. The molecule has 0 unspecified atom stereocenters. The summed E-state index contributed by atoms with van der Waals surface area (Å²) in [7, 11) is 0. The first-order chi connectivity index (χ1) is 37.2. The lowest BCUT2D eigenvalue weighted by atomic mass is 9.70. The molecular formula is C73H50N2. The highest BCUT2D eigenvalue weighted by molar-refractivity contribution is 6.04. The highest BCUT2D eigenvalue weighted by Gasteiger charge is 2.53. The summed E-state index contributed by atoms with van der Waals surface area (Å²) in [6.07, 6.45) is 0. The molecule has 12 aromatic carbocycles. The first kappa shape index (κ1) is 44.0. The van der Waals surface area contributed by atoms with Crippen LogP contribution >= 0.6 is 0 Å². The number of benzene rings is 12. The lowest BCUT2D eigenvalue weighted by Crippen LogP contribution is -2.25. The molecule has 0 radical (unpaired) electrons. The average Bonchev–Trinajstić information content (AvgIpc) is 4.16. The Labute approximate surface area is 439 Å². The van der Waals surface area contributed by atoms with Gasteiger partial charge in [0.25, 0.3) is 0 Å². The van der Waals surface area contributed by atoms with Gasteiger partial charge in [0.05, 0.1) is 5.41 Å². The first-order valence-corrected chi connectivity index (χ1v) is 25.9. The maximum absolute atomic E-state index is 2.46. The number of anilines is 6. The zero-order valence-electron chi connectivity index (χ0n) is 41.3. The Morgan fingerprint density at radius 3 is 0.813 bits per heavy atom. The zero-order chi connectivity index (χ0) is 49.7. The second-order valence-electron chi connectivity index (χ2n) is 19.6. The third-order valence-electron chi connectivity index (χ3n) is 15.5. The van der Waals surface area contributed by atoms with E-state index < -0.39 is 5.41 Å². The third-order valence-corrected chi connectivity index (χ3v) is 15.5. The molecule has 2 heteroatoms. The van der Waals surface area contributed by atoms with Gasteiger partial charge in [0.2, 0.25) is 0 Å². The summed E-state index contributed by atoms with van der Waals surface area (Å²) < 4.78 is 0. The fourth-order valence-electron chi connectivity index (χ4n) is 12.2. The number of fused-ring (bicyclic) bond motifs is 10. The number of para-hydroxylation sites is 4. The largest absolute Gasteiger partial charge is 0.311 e. The van der Waals surface area contributed by atoms with Gasteiger partial charge in [-0.1, -0.05) is 218 Å². The molecule has 2 aliphatic carbocycles.